The third kappa shape index (κ3) is 4.98. The molecule has 5 heteroatoms. The number of amides is 2. The van der Waals surface area contributed by atoms with Gasteiger partial charge in [-0.3, -0.25) is 9.59 Å². The summed E-state index contributed by atoms with van der Waals surface area (Å²) in [7, 11) is 1.64. The Morgan fingerprint density at radius 2 is 1.61 bits per heavy atom. The predicted molar refractivity (Wildman–Crippen MR) is 89.4 cm³/mol. The van der Waals surface area contributed by atoms with E-state index < -0.39 is 0 Å². The molecule has 2 rings (SSSR count). The Balaban J connectivity index is 1.82. The topological polar surface area (TPSA) is 49.9 Å². The molecule has 1 aliphatic heterocycles. The van der Waals surface area contributed by atoms with Crippen LogP contribution in [-0.2, 0) is 16.0 Å². The molecule has 0 unspecified atom stereocenters. The van der Waals surface area contributed by atoms with Crippen molar-refractivity contribution in [3.8, 4) is 5.75 Å². The van der Waals surface area contributed by atoms with E-state index in [1.165, 1.54) is 0 Å². The van der Waals surface area contributed by atoms with Gasteiger partial charge in [0.2, 0.25) is 11.8 Å². The average molecular weight is 318 g/mol. The quantitative estimate of drug-likeness (QED) is 0.835. The van der Waals surface area contributed by atoms with Crippen LogP contribution in [0.5, 0.6) is 5.75 Å². The third-order valence-corrected chi connectivity index (χ3v) is 4.29. The van der Waals surface area contributed by atoms with Crippen molar-refractivity contribution < 1.29 is 14.3 Å². The molecule has 1 heterocycles. The first-order valence-electron chi connectivity index (χ1n) is 8.32. The minimum atomic E-state index is 0.173. The van der Waals surface area contributed by atoms with Crippen molar-refractivity contribution in [3.05, 3.63) is 29.8 Å². The zero-order valence-corrected chi connectivity index (χ0v) is 14.1. The lowest BCUT2D eigenvalue weighted by Gasteiger charge is -2.22. The molecule has 2 amide bonds. The smallest absolute Gasteiger partial charge is 0.222 e. The lowest BCUT2D eigenvalue weighted by atomic mass is 10.1. The number of carbonyl (C=O) groups excluding carboxylic acids is 2. The van der Waals surface area contributed by atoms with Crippen LogP contribution < -0.4 is 4.74 Å². The van der Waals surface area contributed by atoms with E-state index in [0.29, 0.717) is 25.9 Å². The van der Waals surface area contributed by atoms with Crippen LogP contribution in [0.25, 0.3) is 0 Å². The first-order chi connectivity index (χ1) is 11.1. The van der Waals surface area contributed by atoms with Crippen LogP contribution >= 0.6 is 0 Å². The van der Waals surface area contributed by atoms with Gasteiger partial charge in [-0.2, -0.15) is 0 Å². The van der Waals surface area contributed by atoms with E-state index in [4.69, 9.17) is 4.74 Å². The Morgan fingerprint density at radius 3 is 2.17 bits per heavy atom. The van der Waals surface area contributed by atoms with Gasteiger partial charge in [0.1, 0.15) is 5.75 Å². The van der Waals surface area contributed by atoms with Crippen molar-refractivity contribution in [2.75, 3.05) is 33.3 Å². The summed E-state index contributed by atoms with van der Waals surface area (Å²) in [6.07, 6.45) is 2.64. The maximum Gasteiger partial charge on any atom is 0.222 e. The standard InChI is InChI=1S/C18H26N2O3/c1-3-17(21)19-11-4-12-20(14-13-19)18(22)10-7-15-5-8-16(23-2)9-6-15/h5-6,8-9H,3-4,7,10-14H2,1-2H3. The number of benzene rings is 1. The van der Waals surface area contributed by atoms with Gasteiger partial charge in [-0.1, -0.05) is 19.1 Å². The Kier molecular flexibility index (Phi) is 6.44. The molecule has 0 aromatic heterocycles. The molecule has 0 N–H and O–H groups in total. The Hall–Kier alpha value is -2.04. The number of methoxy groups -OCH3 is 1. The molecule has 1 aromatic rings. The first kappa shape index (κ1) is 17.3. The lowest BCUT2D eigenvalue weighted by molar-refractivity contribution is -0.133. The molecule has 1 saturated heterocycles. The van der Waals surface area contributed by atoms with Gasteiger partial charge in [0.05, 0.1) is 7.11 Å². The lowest BCUT2D eigenvalue weighted by Crippen LogP contribution is -2.37. The fourth-order valence-corrected chi connectivity index (χ4v) is 2.84. The van der Waals surface area contributed by atoms with Crippen molar-refractivity contribution >= 4 is 11.8 Å². The van der Waals surface area contributed by atoms with Crippen molar-refractivity contribution in [2.24, 2.45) is 0 Å². The van der Waals surface area contributed by atoms with E-state index >= 15 is 0 Å². The van der Waals surface area contributed by atoms with Gasteiger partial charge in [-0.15, -0.1) is 0 Å². The molecule has 1 aromatic carbocycles. The second-order valence-electron chi connectivity index (χ2n) is 5.82. The van der Waals surface area contributed by atoms with Gasteiger partial charge in [-0.25, -0.2) is 0 Å². The average Bonchev–Trinajstić information content (AvgIpc) is 2.85. The highest BCUT2D eigenvalue weighted by Gasteiger charge is 2.20. The van der Waals surface area contributed by atoms with Gasteiger partial charge in [0.25, 0.3) is 0 Å². The number of rotatable bonds is 5. The number of aryl methyl sites for hydroxylation is 1. The molecular formula is C18H26N2O3. The van der Waals surface area contributed by atoms with Gasteiger partial charge in [0, 0.05) is 39.0 Å². The SMILES string of the molecule is CCC(=O)N1CCCN(C(=O)CCc2ccc(OC)cc2)CC1. The normalized spacial score (nSPS) is 15.2. The zero-order valence-electron chi connectivity index (χ0n) is 14.1. The molecule has 0 atom stereocenters. The molecule has 126 valence electrons. The van der Waals surface area contributed by atoms with Crippen LogP contribution in [0.3, 0.4) is 0 Å². The summed E-state index contributed by atoms with van der Waals surface area (Å²) < 4.78 is 5.14. The van der Waals surface area contributed by atoms with Gasteiger partial charge in [-0.05, 0) is 30.5 Å². The Morgan fingerprint density at radius 1 is 1.00 bits per heavy atom. The first-order valence-corrected chi connectivity index (χ1v) is 8.32. The number of hydrogen-bond acceptors (Lipinski definition) is 3. The van der Waals surface area contributed by atoms with Crippen molar-refractivity contribution in [1.29, 1.82) is 0 Å². The van der Waals surface area contributed by atoms with E-state index in [-0.39, 0.29) is 11.8 Å². The summed E-state index contributed by atoms with van der Waals surface area (Å²) in [4.78, 5) is 27.9. The van der Waals surface area contributed by atoms with E-state index in [2.05, 4.69) is 0 Å². The number of nitrogens with zero attached hydrogens (tertiary/aromatic N) is 2. The van der Waals surface area contributed by atoms with E-state index in [0.717, 1.165) is 37.2 Å². The largest absolute Gasteiger partial charge is 0.497 e. The molecular weight excluding hydrogens is 292 g/mol. The Labute approximate surface area is 138 Å². The van der Waals surface area contributed by atoms with Crippen molar-refractivity contribution in [2.45, 2.75) is 32.6 Å². The van der Waals surface area contributed by atoms with E-state index in [1.54, 1.807) is 7.11 Å². The molecule has 0 bridgehead atoms. The molecule has 0 aliphatic carbocycles. The van der Waals surface area contributed by atoms with Crippen LogP contribution in [0.15, 0.2) is 24.3 Å². The van der Waals surface area contributed by atoms with Gasteiger partial charge >= 0.3 is 0 Å². The fraction of sp³-hybridized carbons (Fsp3) is 0.556. The molecule has 0 spiro atoms. The second-order valence-corrected chi connectivity index (χ2v) is 5.82. The summed E-state index contributed by atoms with van der Waals surface area (Å²) in [5.74, 6) is 1.18. The number of carbonyl (C=O) groups is 2. The minimum Gasteiger partial charge on any atom is -0.497 e. The van der Waals surface area contributed by atoms with E-state index in [9.17, 15) is 9.59 Å². The second kappa shape index (κ2) is 8.56. The highest BCUT2D eigenvalue weighted by atomic mass is 16.5. The fourth-order valence-electron chi connectivity index (χ4n) is 2.84. The van der Waals surface area contributed by atoms with Gasteiger partial charge in [0.15, 0.2) is 0 Å². The van der Waals surface area contributed by atoms with Crippen LogP contribution in [0.4, 0.5) is 0 Å². The van der Waals surface area contributed by atoms with Crippen molar-refractivity contribution in [1.82, 2.24) is 9.80 Å². The van der Waals surface area contributed by atoms with Crippen LogP contribution in [0.2, 0.25) is 0 Å². The molecule has 0 radical (unpaired) electrons. The monoisotopic (exact) mass is 318 g/mol. The molecule has 1 aliphatic rings. The zero-order chi connectivity index (χ0) is 16.7. The molecule has 5 nitrogen and oxygen atoms in total. The Bertz CT molecular complexity index is 528. The summed E-state index contributed by atoms with van der Waals surface area (Å²) in [5.41, 5.74) is 1.14. The third-order valence-electron chi connectivity index (χ3n) is 4.29. The van der Waals surface area contributed by atoms with Crippen LogP contribution in [0, 0.1) is 0 Å². The van der Waals surface area contributed by atoms with Crippen LogP contribution in [-0.4, -0.2) is 54.9 Å². The maximum absolute atomic E-state index is 12.4. The van der Waals surface area contributed by atoms with Crippen molar-refractivity contribution in [3.63, 3.8) is 0 Å². The summed E-state index contributed by atoms with van der Waals surface area (Å²) in [6, 6.07) is 7.83. The van der Waals surface area contributed by atoms with Gasteiger partial charge < -0.3 is 14.5 Å². The summed E-state index contributed by atoms with van der Waals surface area (Å²) in [6.45, 7) is 4.68. The minimum absolute atomic E-state index is 0.173. The summed E-state index contributed by atoms with van der Waals surface area (Å²) >= 11 is 0. The molecule has 23 heavy (non-hydrogen) atoms. The highest BCUT2D eigenvalue weighted by Crippen LogP contribution is 2.14. The predicted octanol–water partition coefficient (Wildman–Crippen LogP) is 2.10. The maximum atomic E-state index is 12.4. The van der Waals surface area contributed by atoms with Crippen LogP contribution in [0.1, 0.15) is 31.7 Å². The molecule has 0 saturated carbocycles. The van der Waals surface area contributed by atoms with E-state index in [1.807, 2.05) is 41.0 Å². The number of ether oxygens (including phenoxy) is 1. The highest BCUT2D eigenvalue weighted by molar-refractivity contribution is 5.77. The summed E-state index contributed by atoms with van der Waals surface area (Å²) in [5, 5.41) is 0. The molecule has 1 fully saturated rings. The number of hydrogen-bond donors (Lipinski definition) is 0.